The van der Waals surface area contributed by atoms with Crippen LogP contribution in [0.4, 0.5) is 0 Å². The number of carboxylic acids is 1. The van der Waals surface area contributed by atoms with Gasteiger partial charge in [-0.05, 0) is 56.6 Å². The predicted molar refractivity (Wildman–Crippen MR) is 108 cm³/mol. The Hall–Kier alpha value is -2.69. The summed E-state index contributed by atoms with van der Waals surface area (Å²) < 4.78 is 28.1. The Labute approximate surface area is 167 Å². The monoisotopic (exact) mass is 419 g/mol. The minimum Gasteiger partial charge on any atom is -0.550 e. The van der Waals surface area contributed by atoms with Crippen LogP contribution in [-0.4, -0.2) is 43.5 Å². The number of benzene rings is 1. The number of carbonyl (C=O) groups is 1. The zero-order valence-electron chi connectivity index (χ0n) is 15.9. The molecule has 0 unspecified atom stereocenters. The second-order valence-electron chi connectivity index (χ2n) is 6.80. The lowest BCUT2D eigenvalue weighted by atomic mass is 10.1. The van der Waals surface area contributed by atoms with E-state index in [-0.39, 0.29) is 22.9 Å². The topological polar surface area (TPSA) is 147 Å². The number of pyridine rings is 1. The first kappa shape index (κ1) is 21.0. The molecule has 3 heterocycles. The number of rotatable bonds is 4. The number of nitrogens with one attached hydrogen (secondary N) is 4. The van der Waals surface area contributed by atoms with Crippen LogP contribution < -0.4 is 20.7 Å². The van der Waals surface area contributed by atoms with E-state index in [1.807, 2.05) is 0 Å². The molecule has 0 aliphatic carbocycles. The lowest BCUT2D eigenvalue weighted by Crippen LogP contribution is -2.42. The van der Waals surface area contributed by atoms with Crippen LogP contribution in [-0.2, 0) is 14.8 Å². The standard InChI is InChI=1S/C16H18N4O3S.C3H6O2/c21-16-15-12(5-8-18-15)13-9-11(1-2-14(13)19-16)24(22,23)20-10-3-6-17-7-4-10;1-2-3(4)5/h1-2,5,8-10,17-18,20H,3-4,6-7H2,(H,19,21);2H2,1H3,(H,4,5)/p-1. The summed E-state index contributed by atoms with van der Waals surface area (Å²) in [5.41, 5.74) is 0.849. The first-order chi connectivity index (χ1) is 13.8. The van der Waals surface area contributed by atoms with Crippen molar-refractivity contribution in [2.45, 2.75) is 37.1 Å². The molecule has 0 saturated carbocycles. The Kier molecular flexibility index (Phi) is 6.36. The Morgan fingerprint density at radius 1 is 1.21 bits per heavy atom. The van der Waals surface area contributed by atoms with Crippen LogP contribution in [0, 0.1) is 0 Å². The molecule has 29 heavy (non-hydrogen) atoms. The van der Waals surface area contributed by atoms with Crippen molar-refractivity contribution < 1.29 is 18.3 Å². The highest BCUT2D eigenvalue weighted by atomic mass is 32.2. The highest BCUT2D eigenvalue weighted by Crippen LogP contribution is 2.24. The third-order valence-corrected chi connectivity index (χ3v) is 6.28. The number of fused-ring (bicyclic) bond motifs is 3. The van der Waals surface area contributed by atoms with Crippen LogP contribution in [0.3, 0.4) is 0 Å². The number of H-pyrrole nitrogens is 2. The van der Waals surface area contributed by atoms with Crippen molar-refractivity contribution in [1.82, 2.24) is 20.0 Å². The predicted octanol–water partition coefficient (Wildman–Crippen LogP) is 0.186. The smallest absolute Gasteiger partial charge is 0.272 e. The summed E-state index contributed by atoms with van der Waals surface area (Å²) in [6, 6.07) is 6.52. The summed E-state index contributed by atoms with van der Waals surface area (Å²) in [5, 5.41) is 13.9. The van der Waals surface area contributed by atoms with Crippen LogP contribution >= 0.6 is 0 Å². The number of carboxylic acid groups (broad SMARTS) is 1. The number of aliphatic carboxylic acids is 1. The van der Waals surface area contributed by atoms with Crippen LogP contribution in [0.2, 0.25) is 0 Å². The Morgan fingerprint density at radius 3 is 2.55 bits per heavy atom. The molecule has 10 heteroatoms. The third kappa shape index (κ3) is 4.84. The lowest BCUT2D eigenvalue weighted by Gasteiger charge is -2.23. The van der Waals surface area contributed by atoms with Gasteiger partial charge in [-0.25, -0.2) is 13.1 Å². The molecule has 156 valence electrons. The number of hydrogen-bond acceptors (Lipinski definition) is 6. The molecular formula is C19H23N4O5S-. The molecule has 1 aliphatic rings. The molecule has 2 aromatic heterocycles. The van der Waals surface area contributed by atoms with E-state index < -0.39 is 16.0 Å². The van der Waals surface area contributed by atoms with E-state index in [1.54, 1.807) is 24.4 Å². The van der Waals surface area contributed by atoms with Crippen molar-refractivity contribution in [2.24, 2.45) is 0 Å². The van der Waals surface area contributed by atoms with Gasteiger partial charge in [0.1, 0.15) is 5.52 Å². The minimum absolute atomic E-state index is 0.0465. The molecule has 0 atom stereocenters. The molecule has 1 aliphatic heterocycles. The fourth-order valence-electron chi connectivity index (χ4n) is 3.22. The van der Waals surface area contributed by atoms with Gasteiger partial charge in [0.15, 0.2) is 0 Å². The molecule has 0 radical (unpaired) electrons. The average Bonchev–Trinajstić information content (AvgIpc) is 3.19. The second-order valence-corrected chi connectivity index (χ2v) is 8.51. The van der Waals surface area contributed by atoms with Crippen LogP contribution in [0.25, 0.3) is 21.8 Å². The fourth-order valence-corrected chi connectivity index (χ4v) is 4.55. The van der Waals surface area contributed by atoms with Gasteiger partial charge in [0, 0.05) is 34.5 Å². The average molecular weight is 419 g/mol. The maximum atomic E-state index is 12.7. The first-order valence-electron chi connectivity index (χ1n) is 9.38. The van der Waals surface area contributed by atoms with E-state index in [0.717, 1.165) is 25.9 Å². The van der Waals surface area contributed by atoms with E-state index in [0.29, 0.717) is 21.8 Å². The molecule has 1 aromatic carbocycles. The van der Waals surface area contributed by atoms with Gasteiger partial charge in [0.05, 0.1) is 4.90 Å². The number of carbonyl (C=O) groups excluding carboxylic acids is 1. The highest BCUT2D eigenvalue weighted by Gasteiger charge is 2.22. The molecule has 4 rings (SSSR count). The Bertz CT molecular complexity index is 1180. The first-order valence-corrected chi connectivity index (χ1v) is 10.9. The van der Waals surface area contributed by atoms with Gasteiger partial charge < -0.3 is 25.2 Å². The maximum Gasteiger partial charge on any atom is 0.272 e. The van der Waals surface area contributed by atoms with Gasteiger partial charge in [-0.3, -0.25) is 4.79 Å². The SMILES string of the molecule is CCC(=O)[O-].O=c1[nH]c2ccc(S(=O)(=O)NC3CCNCC3)cc2c2cc[nH]c12. The number of sulfonamides is 1. The number of aromatic nitrogens is 2. The van der Waals surface area contributed by atoms with E-state index in [1.165, 1.54) is 13.0 Å². The van der Waals surface area contributed by atoms with Crippen molar-refractivity contribution in [3.63, 3.8) is 0 Å². The third-order valence-electron chi connectivity index (χ3n) is 4.76. The van der Waals surface area contributed by atoms with E-state index in [9.17, 15) is 23.1 Å². The summed E-state index contributed by atoms with van der Waals surface area (Å²) >= 11 is 0. The van der Waals surface area contributed by atoms with Crippen molar-refractivity contribution >= 4 is 37.8 Å². The van der Waals surface area contributed by atoms with Crippen molar-refractivity contribution in [2.75, 3.05) is 13.1 Å². The molecule has 9 nitrogen and oxygen atoms in total. The summed E-state index contributed by atoms with van der Waals surface area (Å²) in [4.78, 5) is 27.1. The largest absolute Gasteiger partial charge is 0.550 e. The van der Waals surface area contributed by atoms with Crippen LogP contribution in [0.5, 0.6) is 0 Å². The Balaban J connectivity index is 0.000000431. The lowest BCUT2D eigenvalue weighted by molar-refractivity contribution is -0.305. The quantitative estimate of drug-likeness (QED) is 0.474. The molecule has 3 aromatic rings. The van der Waals surface area contributed by atoms with Crippen LogP contribution in [0.15, 0.2) is 40.2 Å². The Morgan fingerprint density at radius 2 is 1.90 bits per heavy atom. The zero-order chi connectivity index (χ0) is 21.0. The summed E-state index contributed by atoms with van der Waals surface area (Å²) in [6.45, 7) is 3.17. The van der Waals surface area contributed by atoms with Gasteiger partial charge in [-0.2, -0.15) is 0 Å². The fraction of sp³-hybridized carbons (Fsp3) is 0.368. The van der Waals surface area contributed by atoms with E-state index in [4.69, 9.17) is 0 Å². The van der Waals surface area contributed by atoms with Crippen molar-refractivity contribution in [3.05, 3.63) is 40.8 Å². The number of aromatic amines is 2. The van der Waals surface area contributed by atoms with Gasteiger partial charge in [-0.1, -0.05) is 6.92 Å². The van der Waals surface area contributed by atoms with Gasteiger partial charge in [-0.15, -0.1) is 0 Å². The number of hydrogen-bond donors (Lipinski definition) is 4. The molecule has 0 amide bonds. The van der Waals surface area contributed by atoms with Crippen LogP contribution in [0.1, 0.15) is 26.2 Å². The summed E-state index contributed by atoms with van der Waals surface area (Å²) in [5.74, 6) is -0.995. The normalized spacial score (nSPS) is 15.2. The number of piperidine rings is 1. The van der Waals surface area contributed by atoms with Gasteiger partial charge in [0.25, 0.3) is 5.56 Å². The summed E-state index contributed by atoms with van der Waals surface area (Å²) in [6.07, 6.45) is 3.35. The van der Waals surface area contributed by atoms with Crippen molar-refractivity contribution in [1.29, 1.82) is 0 Å². The van der Waals surface area contributed by atoms with Gasteiger partial charge in [0.2, 0.25) is 10.0 Å². The van der Waals surface area contributed by atoms with E-state index in [2.05, 4.69) is 20.0 Å². The molecule has 1 fully saturated rings. The molecule has 4 N–H and O–H groups in total. The van der Waals surface area contributed by atoms with Crippen molar-refractivity contribution in [3.8, 4) is 0 Å². The summed E-state index contributed by atoms with van der Waals surface area (Å²) in [7, 11) is -3.59. The zero-order valence-corrected chi connectivity index (χ0v) is 16.8. The second kappa shape index (κ2) is 8.76. The molecule has 1 saturated heterocycles. The minimum atomic E-state index is -3.59. The highest BCUT2D eigenvalue weighted by molar-refractivity contribution is 7.89. The molecular weight excluding hydrogens is 396 g/mol. The maximum absolute atomic E-state index is 12.7. The molecule has 0 spiro atoms. The molecule has 0 bridgehead atoms. The van der Waals surface area contributed by atoms with E-state index >= 15 is 0 Å². The van der Waals surface area contributed by atoms with Gasteiger partial charge >= 0.3 is 0 Å².